The maximum Gasteiger partial charge on any atom is 0.251 e. The number of nitrogens with one attached hydrogen (secondary N) is 1. The zero-order valence-corrected chi connectivity index (χ0v) is 13.5. The SMILES string of the molecule is CC1(C)CC[C@@H]1NC(=O)c1ccc(N2CCC(O)CC2)cc1. The molecule has 1 aromatic rings. The van der Waals surface area contributed by atoms with Crippen LogP contribution in [0.15, 0.2) is 24.3 Å². The Bertz CT molecular complexity index is 531. The second-order valence-corrected chi connectivity index (χ2v) is 7.32. The van der Waals surface area contributed by atoms with Crippen LogP contribution in [0.3, 0.4) is 0 Å². The lowest BCUT2D eigenvalue weighted by atomic mass is 9.67. The second-order valence-electron chi connectivity index (χ2n) is 7.32. The van der Waals surface area contributed by atoms with E-state index in [2.05, 4.69) is 24.1 Å². The zero-order chi connectivity index (χ0) is 15.7. The lowest BCUT2D eigenvalue weighted by Crippen LogP contribution is -2.52. The molecule has 1 atom stereocenters. The Hall–Kier alpha value is -1.55. The second kappa shape index (κ2) is 5.92. The van der Waals surface area contributed by atoms with Gasteiger partial charge in [0.2, 0.25) is 0 Å². The van der Waals surface area contributed by atoms with E-state index in [4.69, 9.17) is 0 Å². The van der Waals surface area contributed by atoms with E-state index in [-0.39, 0.29) is 17.4 Å². The number of amides is 1. The van der Waals surface area contributed by atoms with Crippen molar-refractivity contribution in [2.75, 3.05) is 18.0 Å². The van der Waals surface area contributed by atoms with Gasteiger partial charge in [-0.15, -0.1) is 0 Å². The fourth-order valence-corrected chi connectivity index (χ4v) is 3.32. The number of hydrogen-bond acceptors (Lipinski definition) is 3. The van der Waals surface area contributed by atoms with Gasteiger partial charge >= 0.3 is 0 Å². The van der Waals surface area contributed by atoms with Gasteiger partial charge in [0.1, 0.15) is 0 Å². The number of hydrogen-bond donors (Lipinski definition) is 2. The Morgan fingerprint density at radius 1 is 1.18 bits per heavy atom. The summed E-state index contributed by atoms with van der Waals surface area (Å²) in [4.78, 5) is 14.6. The summed E-state index contributed by atoms with van der Waals surface area (Å²) in [6.07, 6.45) is 3.73. The molecule has 4 nitrogen and oxygen atoms in total. The van der Waals surface area contributed by atoms with Crippen molar-refractivity contribution in [1.82, 2.24) is 5.32 Å². The minimum Gasteiger partial charge on any atom is -0.393 e. The predicted octanol–water partition coefficient (Wildman–Crippen LogP) is 2.57. The van der Waals surface area contributed by atoms with Gasteiger partial charge in [0, 0.05) is 30.4 Å². The molecule has 2 N–H and O–H groups in total. The van der Waals surface area contributed by atoms with E-state index in [1.54, 1.807) is 0 Å². The third kappa shape index (κ3) is 3.12. The molecule has 1 heterocycles. The minimum absolute atomic E-state index is 0.0263. The Morgan fingerprint density at radius 2 is 1.82 bits per heavy atom. The van der Waals surface area contributed by atoms with Crippen LogP contribution < -0.4 is 10.2 Å². The first-order valence-corrected chi connectivity index (χ1v) is 8.30. The molecule has 1 aromatic carbocycles. The van der Waals surface area contributed by atoms with E-state index in [1.165, 1.54) is 6.42 Å². The fraction of sp³-hybridized carbons (Fsp3) is 0.611. The maximum atomic E-state index is 12.3. The van der Waals surface area contributed by atoms with Crippen molar-refractivity contribution in [3.63, 3.8) is 0 Å². The molecule has 22 heavy (non-hydrogen) atoms. The number of rotatable bonds is 3. The molecule has 0 bridgehead atoms. The Balaban J connectivity index is 1.60. The largest absolute Gasteiger partial charge is 0.393 e. The Morgan fingerprint density at radius 3 is 2.32 bits per heavy atom. The van der Waals surface area contributed by atoms with Gasteiger partial charge < -0.3 is 15.3 Å². The normalized spacial score (nSPS) is 24.7. The summed E-state index contributed by atoms with van der Waals surface area (Å²) in [5, 5.41) is 12.7. The first-order valence-electron chi connectivity index (χ1n) is 8.30. The molecule has 4 heteroatoms. The summed E-state index contributed by atoms with van der Waals surface area (Å²) in [5.74, 6) is 0.0263. The van der Waals surface area contributed by atoms with Crippen LogP contribution in [0.4, 0.5) is 5.69 Å². The van der Waals surface area contributed by atoms with Crippen molar-refractivity contribution in [3.8, 4) is 0 Å². The summed E-state index contributed by atoms with van der Waals surface area (Å²) in [6.45, 7) is 6.16. The van der Waals surface area contributed by atoms with Gasteiger partial charge in [-0.05, 0) is 55.4 Å². The highest BCUT2D eigenvalue weighted by molar-refractivity contribution is 5.94. The molecule has 0 unspecified atom stereocenters. The van der Waals surface area contributed by atoms with Crippen molar-refractivity contribution in [1.29, 1.82) is 0 Å². The third-order valence-electron chi connectivity index (χ3n) is 5.29. The van der Waals surface area contributed by atoms with E-state index in [0.29, 0.717) is 6.04 Å². The van der Waals surface area contributed by atoms with E-state index in [0.717, 1.165) is 43.6 Å². The standard InChI is InChI=1S/C18H26N2O2/c1-18(2)10-7-16(18)19-17(22)13-3-5-14(6-4-13)20-11-8-15(21)9-12-20/h3-6,15-16,21H,7-12H2,1-2H3,(H,19,22)/t16-/m0/s1. The van der Waals surface area contributed by atoms with Gasteiger partial charge in [0.15, 0.2) is 0 Å². The number of nitrogens with zero attached hydrogens (tertiary/aromatic N) is 1. The third-order valence-corrected chi connectivity index (χ3v) is 5.29. The number of piperidine rings is 1. The number of carbonyl (C=O) groups is 1. The summed E-state index contributed by atoms with van der Waals surface area (Å²) < 4.78 is 0. The van der Waals surface area contributed by atoms with Crippen LogP contribution in [0.5, 0.6) is 0 Å². The van der Waals surface area contributed by atoms with E-state index in [9.17, 15) is 9.90 Å². The molecule has 1 saturated carbocycles. The molecule has 1 amide bonds. The first kappa shape index (κ1) is 15.3. The summed E-state index contributed by atoms with van der Waals surface area (Å²) in [7, 11) is 0. The number of carbonyl (C=O) groups excluding carboxylic acids is 1. The average Bonchev–Trinajstić information content (AvgIpc) is 2.52. The van der Waals surface area contributed by atoms with Crippen LogP contribution in [-0.4, -0.2) is 36.2 Å². The van der Waals surface area contributed by atoms with Crippen molar-refractivity contribution < 1.29 is 9.90 Å². The molecule has 0 aromatic heterocycles. The van der Waals surface area contributed by atoms with Crippen molar-refractivity contribution in [2.45, 2.75) is 51.7 Å². The molecule has 0 radical (unpaired) electrons. The average molecular weight is 302 g/mol. The maximum absolute atomic E-state index is 12.3. The summed E-state index contributed by atoms with van der Waals surface area (Å²) >= 11 is 0. The predicted molar refractivity (Wildman–Crippen MR) is 88.2 cm³/mol. The number of anilines is 1. The van der Waals surface area contributed by atoms with Crippen LogP contribution in [0, 0.1) is 5.41 Å². The quantitative estimate of drug-likeness (QED) is 0.902. The molecule has 0 spiro atoms. The van der Waals surface area contributed by atoms with Crippen LogP contribution in [0.25, 0.3) is 0 Å². The molecule has 1 aliphatic heterocycles. The Labute approximate surface area is 132 Å². The highest BCUT2D eigenvalue weighted by Crippen LogP contribution is 2.40. The van der Waals surface area contributed by atoms with Crippen molar-refractivity contribution in [3.05, 3.63) is 29.8 Å². The van der Waals surface area contributed by atoms with E-state index < -0.39 is 0 Å². The van der Waals surface area contributed by atoms with Crippen LogP contribution in [0.2, 0.25) is 0 Å². The van der Waals surface area contributed by atoms with Gasteiger partial charge in [-0.2, -0.15) is 0 Å². The molecule has 1 saturated heterocycles. The molecule has 2 aliphatic rings. The molecule has 3 rings (SSSR count). The summed E-state index contributed by atoms with van der Waals surface area (Å²) in [5.41, 5.74) is 2.08. The van der Waals surface area contributed by atoms with Gasteiger partial charge in [0.05, 0.1) is 6.10 Å². The van der Waals surface area contributed by atoms with E-state index in [1.807, 2.05) is 24.3 Å². The fourth-order valence-electron chi connectivity index (χ4n) is 3.32. The molecule has 2 fully saturated rings. The molecular formula is C18H26N2O2. The lowest BCUT2D eigenvalue weighted by Gasteiger charge is -2.44. The minimum atomic E-state index is -0.160. The zero-order valence-electron chi connectivity index (χ0n) is 13.5. The number of aliphatic hydroxyl groups is 1. The topological polar surface area (TPSA) is 52.6 Å². The van der Waals surface area contributed by atoms with Crippen LogP contribution in [-0.2, 0) is 0 Å². The first-order chi connectivity index (χ1) is 10.5. The smallest absolute Gasteiger partial charge is 0.251 e. The monoisotopic (exact) mass is 302 g/mol. The van der Waals surface area contributed by atoms with Gasteiger partial charge in [-0.25, -0.2) is 0 Å². The van der Waals surface area contributed by atoms with Gasteiger partial charge in [-0.1, -0.05) is 13.8 Å². The van der Waals surface area contributed by atoms with E-state index >= 15 is 0 Å². The molecule has 120 valence electrons. The molecular weight excluding hydrogens is 276 g/mol. The van der Waals surface area contributed by atoms with Gasteiger partial charge in [-0.3, -0.25) is 4.79 Å². The number of benzene rings is 1. The molecule has 1 aliphatic carbocycles. The highest BCUT2D eigenvalue weighted by atomic mass is 16.3. The van der Waals surface area contributed by atoms with Crippen molar-refractivity contribution >= 4 is 11.6 Å². The summed E-state index contributed by atoms with van der Waals surface area (Å²) in [6, 6.07) is 8.13. The van der Waals surface area contributed by atoms with Crippen molar-refractivity contribution in [2.24, 2.45) is 5.41 Å². The van der Waals surface area contributed by atoms with Gasteiger partial charge in [0.25, 0.3) is 5.91 Å². The van der Waals surface area contributed by atoms with Crippen LogP contribution in [0.1, 0.15) is 49.9 Å². The number of aliphatic hydroxyl groups excluding tert-OH is 1. The lowest BCUT2D eigenvalue weighted by molar-refractivity contribution is 0.0732. The highest BCUT2D eigenvalue weighted by Gasteiger charge is 2.39. The van der Waals surface area contributed by atoms with Crippen LogP contribution >= 0.6 is 0 Å². The Kier molecular flexibility index (Phi) is 4.13.